The maximum atomic E-state index is 7.93. The van der Waals surface area contributed by atoms with E-state index in [1.165, 1.54) is 5.56 Å². The summed E-state index contributed by atoms with van der Waals surface area (Å²) in [6.45, 7) is -0.0160. The van der Waals surface area contributed by atoms with Crippen molar-refractivity contribution in [1.29, 1.82) is 0 Å². The molecule has 0 amide bonds. The van der Waals surface area contributed by atoms with E-state index in [9.17, 15) is 0 Å². The second kappa shape index (κ2) is 4.50. The van der Waals surface area contributed by atoms with Crippen molar-refractivity contribution in [3.8, 4) is 0 Å². The van der Waals surface area contributed by atoms with Crippen molar-refractivity contribution in [3.63, 3.8) is 0 Å². The molecule has 1 spiro atoms. The van der Waals surface area contributed by atoms with Gasteiger partial charge in [-0.3, -0.25) is 0 Å². The third kappa shape index (κ3) is 1.86. The molecule has 0 aliphatic heterocycles. The van der Waals surface area contributed by atoms with Crippen molar-refractivity contribution in [3.05, 3.63) is 40.3 Å². The minimum atomic E-state index is -0.0160. The molecule has 0 bridgehead atoms. The summed E-state index contributed by atoms with van der Waals surface area (Å²) in [4.78, 5) is 0. The Morgan fingerprint density at radius 2 is 2.22 bits per heavy atom. The van der Waals surface area contributed by atoms with Gasteiger partial charge in [0.05, 0.1) is 8.85 Å². The fraction of sp³-hybridized carbons (Fsp3) is 0.500. The first-order valence-electron chi connectivity index (χ1n) is 7.55. The Morgan fingerprint density at radius 3 is 2.89 bits per heavy atom. The second-order valence-corrected chi connectivity index (χ2v) is 6.48. The van der Waals surface area contributed by atoms with E-state index in [4.69, 9.17) is 7.48 Å². The van der Waals surface area contributed by atoms with Crippen LogP contribution < -0.4 is 0 Å². The molecule has 1 nitrogen and oxygen atoms in total. The predicted octanol–water partition coefficient (Wildman–Crippen LogP) is 4.59. The van der Waals surface area contributed by atoms with Crippen LogP contribution in [0.3, 0.4) is 0 Å². The van der Waals surface area contributed by atoms with E-state index in [-0.39, 0.29) is 11.9 Å². The predicted molar refractivity (Wildman–Crippen MR) is 78.6 cm³/mol. The zero-order chi connectivity index (χ0) is 14.3. The SMILES string of the molecule is [2H]C([2H])=C1c2cc(Br)ccc2CC12CCC(OC)CC2. The fourth-order valence-electron chi connectivity index (χ4n) is 3.48. The summed E-state index contributed by atoms with van der Waals surface area (Å²) in [7, 11) is 1.78. The maximum Gasteiger partial charge on any atom is 0.0572 e. The van der Waals surface area contributed by atoms with E-state index in [1.807, 2.05) is 0 Å². The highest BCUT2D eigenvalue weighted by Crippen LogP contribution is 2.54. The average Bonchev–Trinajstić information content (AvgIpc) is 2.72. The Labute approximate surface area is 120 Å². The first kappa shape index (κ1) is 10.2. The standard InChI is InChI=1S/C16H19BrO/c1-11-15-9-13(17)4-3-12(15)10-16(11)7-5-14(18-2)6-8-16/h3-4,9,14H,1,5-8,10H2,2H3/i1D2. The molecule has 0 N–H and O–H groups in total. The highest BCUT2D eigenvalue weighted by molar-refractivity contribution is 9.10. The first-order chi connectivity index (χ1) is 9.55. The van der Waals surface area contributed by atoms with Crippen LogP contribution in [0, 0.1) is 5.41 Å². The molecule has 0 heterocycles. The average molecular weight is 309 g/mol. The van der Waals surface area contributed by atoms with E-state index in [0.29, 0.717) is 6.10 Å². The van der Waals surface area contributed by atoms with Crippen molar-refractivity contribution in [1.82, 2.24) is 0 Å². The number of hydrogen-bond acceptors (Lipinski definition) is 1. The van der Waals surface area contributed by atoms with Gasteiger partial charge in [-0.05, 0) is 66.4 Å². The Balaban J connectivity index is 2.01. The molecule has 2 aliphatic rings. The Morgan fingerprint density at radius 1 is 1.44 bits per heavy atom. The molecule has 0 radical (unpaired) electrons. The van der Waals surface area contributed by atoms with Gasteiger partial charge < -0.3 is 4.74 Å². The Hall–Kier alpha value is -0.600. The van der Waals surface area contributed by atoms with Gasteiger partial charge in [0, 0.05) is 11.6 Å². The highest BCUT2D eigenvalue weighted by atomic mass is 79.9. The number of rotatable bonds is 1. The third-order valence-electron chi connectivity index (χ3n) is 4.62. The molecular formula is C16H19BrO. The van der Waals surface area contributed by atoms with Crippen LogP contribution in [0.1, 0.15) is 39.6 Å². The molecule has 1 aromatic carbocycles. The van der Waals surface area contributed by atoms with Crippen molar-refractivity contribution >= 4 is 21.5 Å². The molecular weight excluding hydrogens is 288 g/mol. The number of ether oxygens (including phenoxy) is 1. The van der Waals surface area contributed by atoms with Crippen molar-refractivity contribution in [2.75, 3.05) is 7.11 Å². The van der Waals surface area contributed by atoms with Crippen LogP contribution in [0.5, 0.6) is 0 Å². The Kier molecular flexibility index (Phi) is 2.55. The van der Waals surface area contributed by atoms with Crippen LogP contribution in [0.25, 0.3) is 5.57 Å². The van der Waals surface area contributed by atoms with Crippen LogP contribution in [-0.2, 0) is 11.2 Å². The summed E-state index contributed by atoms with van der Waals surface area (Å²) < 4.78 is 22.4. The molecule has 1 aromatic rings. The van der Waals surface area contributed by atoms with E-state index in [2.05, 4.69) is 34.1 Å². The number of hydrogen-bond donors (Lipinski definition) is 0. The lowest BCUT2D eigenvalue weighted by Gasteiger charge is -2.37. The van der Waals surface area contributed by atoms with E-state index < -0.39 is 0 Å². The lowest BCUT2D eigenvalue weighted by atomic mass is 9.69. The van der Waals surface area contributed by atoms with Gasteiger partial charge in [-0.2, -0.15) is 0 Å². The number of halogens is 1. The minimum absolute atomic E-state index is 0.00299. The van der Waals surface area contributed by atoms with Crippen LogP contribution in [0.4, 0.5) is 0 Å². The smallest absolute Gasteiger partial charge is 0.0572 e. The van der Waals surface area contributed by atoms with Crippen LogP contribution in [0.15, 0.2) is 29.2 Å². The summed E-state index contributed by atoms with van der Waals surface area (Å²) in [6.07, 6.45) is 5.42. The molecule has 0 aromatic heterocycles. The molecule has 3 rings (SSSR count). The quantitative estimate of drug-likeness (QED) is 0.737. The van der Waals surface area contributed by atoms with Gasteiger partial charge in [0.15, 0.2) is 0 Å². The zero-order valence-electron chi connectivity index (χ0n) is 12.6. The molecule has 0 saturated heterocycles. The lowest BCUT2D eigenvalue weighted by molar-refractivity contribution is 0.0448. The minimum Gasteiger partial charge on any atom is -0.381 e. The summed E-state index contributed by atoms with van der Waals surface area (Å²) in [5.74, 6) is 0. The zero-order valence-corrected chi connectivity index (χ0v) is 12.2. The van der Waals surface area contributed by atoms with Gasteiger partial charge in [-0.25, -0.2) is 0 Å². The van der Waals surface area contributed by atoms with Gasteiger partial charge in [-0.15, -0.1) is 0 Å². The lowest BCUT2D eigenvalue weighted by Crippen LogP contribution is -2.30. The first-order valence-corrected chi connectivity index (χ1v) is 7.34. The summed E-state index contributed by atoms with van der Waals surface area (Å²) in [5, 5.41) is 0. The molecule has 2 aliphatic carbocycles. The van der Waals surface area contributed by atoms with Crippen LogP contribution in [0.2, 0.25) is 0 Å². The number of benzene rings is 1. The van der Waals surface area contributed by atoms with Gasteiger partial charge >= 0.3 is 0 Å². The van der Waals surface area contributed by atoms with Gasteiger partial charge in [0.25, 0.3) is 0 Å². The molecule has 96 valence electrons. The highest BCUT2D eigenvalue weighted by Gasteiger charge is 2.43. The second-order valence-electron chi connectivity index (χ2n) is 5.57. The number of methoxy groups -OCH3 is 1. The molecule has 18 heavy (non-hydrogen) atoms. The number of fused-ring (bicyclic) bond motifs is 1. The third-order valence-corrected chi connectivity index (χ3v) is 5.12. The topological polar surface area (TPSA) is 9.23 Å². The van der Waals surface area contributed by atoms with Crippen molar-refractivity contribution < 1.29 is 7.48 Å². The van der Waals surface area contributed by atoms with Gasteiger partial charge in [-0.1, -0.05) is 28.5 Å². The molecule has 2 heteroatoms. The number of allylic oxidation sites excluding steroid dienone is 1. The van der Waals surface area contributed by atoms with E-state index in [0.717, 1.165) is 47.7 Å². The van der Waals surface area contributed by atoms with Gasteiger partial charge in [0.1, 0.15) is 0 Å². The van der Waals surface area contributed by atoms with E-state index >= 15 is 0 Å². The monoisotopic (exact) mass is 308 g/mol. The Bertz CT molecular complexity index is 556. The summed E-state index contributed by atoms with van der Waals surface area (Å²) in [5.41, 5.74) is 3.34. The molecule has 0 atom stereocenters. The largest absolute Gasteiger partial charge is 0.381 e. The van der Waals surface area contributed by atoms with Crippen LogP contribution >= 0.6 is 15.9 Å². The van der Waals surface area contributed by atoms with Crippen molar-refractivity contribution in [2.24, 2.45) is 5.41 Å². The van der Waals surface area contributed by atoms with Crippen LogP contribution in [-0.4, -0.2) is 13.2 Å². The maximum absolute atomic E-state index is 7.93. The molecule has 1 saturated carbocycles. The summed E-state index contributed by atoms with van der Waals surface area (Å²) >= 11 is 3.51. The normalized spacial score (nSPS) is 32.1. The molecule has 0 unspecified atom stereocenters. The van der Waals surface area contributed by atoms with Gasteiger partial charge in [0.2, 0.25) is 0 Å². The fourth-order valence-corrected chi connectivity index (χ4v) is 3.84. The molecule has 1 fully saturated rings. The summed E-state index contributed by atoms with van der Waals surface area (Å²) in [6, 6.07) is 6.27. The van der Waals surface area contributed by atoms with E-state index in [1.54, 1.807) is 7.11 Å². The van der Waals surface area contributed by atoms with Crippen molar-refractivity contribution in [2.45, 2.75) is 38.2 Å².